The highest BCUT2D eigenvalue weighted by atomic mass is 35.5. The van der Waals surface area contributed by atoms with Crippen LogP contribution in [0.1, 0.15) is 29.6 Å². The summed E-state index contributed by atoms with van der Waals surface area (Å²) in [6, 6.07) is 13.5. The van der Waals surface area contributed by atoms with E-state index in [-0.39, 0.29) is 24.4 Å². The standard InChI is InChI=1S/C25H30Cl2N4O3/c1-34-21-5-3-19(4-6-21)30-12-9-20(10-13-30)31-11-8-18(16-31)29-24(32)15-28-25(33)17-2-7-22(26)23(27)14-17/h2-7,14,18,20H,8-13,15-16H2,1H3,(H,28,33)(H,29,32). The number of carbonyl (C=O) groups is 2. The van der Waals surface area contributed by atoms with Crippen LogP contribution in [0.5, 0.6) is 5.75 Å². The average molecular weight is 505 g/mol. The summed E-state index contributed by atoms with van der Waals surface area (Å²) in [7, 11) is 1.68. The monoisotopic (exact) mass is 504 g/mol. The van der Waals surface area contributed by atoms with Gasteiger partial charge < -0.3 is 20.3 Å². The molecule has 1 unspecified atom stereocenters. The Bertz CT molecular complexity index is 1010. The third kappa shape index (κ3) is 6.14. The number of nitrogens with one attached hydrogen (secondary N) is 2. The number of benzene rings is 2. The molecule has 2 aromatic rings. The van der Waals surface area contributed by atoms with Gasteiger partial charge in [-0.3, -0.25) is 14.5 Å². The fourth-order valence-electron chi connectivity index (χ4n) is 4.70. The van der Waals surface area contributed by atoms with Gasteiger partial charge in [0.15, 0.2) is 0 Å². The molecule has 2 aliphatic heterocycles. The first-order valence-electron chi connectivity index (χ1n) is 11.6. The van der Waals surface area contributed by atoms with Crippen molar-refractivity contribution in [2.24, 2.45) is 0 Å². The Kier molecular flexibility index (Phi) is 8.19. The van der Waals surface area contributed by atoms with Gasteiger partial charge in [0.2, 0.25) is 5.91 Å². The van der Waals surface area contributed by atoms with Crippen LogP contribution in [0.4, 0.5) is 5.69 Å². The number of likely N-dealkylation sites (tertiary alicyclic amines) is 1. The number of anilines is 1. The van der Waals surface area contributed by atoms with Crippen molar-refractivity contribution in [1.29, 1.82) is 0 Å². The number of hydrogen-bond donors (Lipinski definition) is 2. The third-order valence-electron chi connectivity index (χ3n) is 6.59. The molecule has 0 aliphatic carbocycles. The van der Waals surface area contributed by atoms with Gasteiger partial charge in [0, 0.05) is 49.5 Å². The van der Waals surface area contributed by atoms with E-state index < -0.39 is 0 Å². The molecule has 2 saturated heterocycles. The third-order valence-corrected chi connectivity index (χ3v) is 7.33. The van der Waals surface area contributed by atoms with Gasteiger partial charge in [0.05, 0.1) is 23.7 Å². The van der Waals surface area contributed by atoms with Crippen LogP contribution in [-0.4, -0.2) is 68.6 Å². The lowest BCUT2D eigenvalue weighted by atomic mass is 10.0. The van der Waals surface area contributed by atoms with Crippen molar-refractivity contribution < 1.29 is 14.3 Å². The number of rotatable bonds is 7. The quantitative estimate of drug-likeness (QED) is 0.602. The summed E-state index contributed by atoms with van der Waals surface area (Å²) in [5.74, 6) is 0.331. The van der Waals surface area contributed by atoms with Gasteiger partial charge in [-0.1, -0.05) is 23.2 Å². The maximum Gasteiger partial charge on any atom is 0.251 e. The molecule has 34 heavy (non-hydrogen) atoms. The second kappa shape index (κ2) is 11.3. The van der Waals surface area contributed by atoms with Gasteiger partial charge in [-0.25, -0.2) is 0 Å². The number of halogens is 2. The second-order valence-electron chi connectivity index (χ2n) is 8.78. The van der Waals surface area contributed by atoms with E-state index in [2.05, 4.69) is 32.6 Å². The summed E-state index contributed by atoms with van der Waals surface area (Å²) in [6.45, 7) is 3.79. The van der Waals surface area contributed by atoms with Gasteiger partial charge in [0.1, 0.15) is 5.75 Å². The highest BCUT2D eigenvalue weighted by molar-refractivity contribution is 6.42. The number of hydrogen-bond acceptors (Lipinski definition) is 5. The molecule has 2 heterocycles. The molecule has 0 bridgehead atoms. The molecule has 9 heteroatoms. The Balaban J connectivity index is 1.18. The Morgan fingerprint density at radius 1 is 1.00 bits per heavy atom. The summed E-state index contributed by atoms with van der Waals surface area (Å²) in [5, 5.41) is 6.39. The van der Waals surface area contributed by atoms with Crippen LogP contribution in [0.2, 0.25) is 10.0 Å². The fourth-order valence-corrected chi connectivity index (χ4v) is 5.00. The molecule has 0 saturated carbocycles. The van der Waals surface area contributed by atoms with Crippen molar-refractivity contribution in [3.8, 4) is 5.75 Å². The van der Waals surface area contributed by atoms with E-state index in [1.807, 2.05) is 12.1 Å². The van der Waals surface area contributed by atoms with Crippen molar-refractivity contribution >= 4 is 40.7 Å². The van der Waals surface area contributed by atoms with Crippen molar-refractivity contribution in [1.82, 2.24) is 15.5 Å². The van der Waals surface area contributed by atoms with E-state index in [0.717, 1.165) is 51.2 Å². The van der Waals surface area contributed by atoms with Crippen molar-refractivity contribution in [3.63, 3.8) is 0 Å². The van der Waals surface area contributed by atoms with Gasteiger partial charge >= 0.3 is 0 Å². The molecule has 0 radical (unpaired) electrons. The van der Waals surface area contributed by atoms with E-state index in [1.165, 1.54) is 11.8 Å². The molecule has 2 amide bonds. The molecular formula is C25H30Cl2N4O3. The van der Waals surface area contributed by atoms with Crippen LogP contribution in [-0.2, 0) is 4.79 Å². The normalized spacial score (nSPS) is 19.1. The SMILES string of the molecule is COc1ccc(N2CCC(N3CCC(NC(=O)CNC(=O)c4ccc(Cl)c(Cl)c4)C3)CC2)cc1. The molecule has 2 fully saturated rings. The van der Waals surface area contributed by atoms with E-state index in [4.69, 9.17) is 27.9 Å². The molecule has 0 spiro atoms. The van der Waals surface area contributed by atoms with Gasteiger partial charge in [-0.05, 0) is 61.7 Å². The Hall–Kier alpha value is -2.48. The largest absolute Gasteiger partial charge is 0.497 e. The first-order chi connectivity index (χ1) is 16.4. The predicted octanol–water partition coefficient (Wildman–Crippen LogP) is 3.59. The lowest BCUT2D eigenvalue weighted by Crippen LogP contribution is -2.46. The summed E-state index contributed by atoms with van der Waals surface area (Å²) < 4.78 is 5.25. The number of methoxy groups -OCH3 is 1. The smallest absolute Gasteiger partial charge is 0.251 e. The lowest BCUT2D eigenvalue weighted by molar-refractivity contribution is -0.120. The van der Waals surface area contributed by atoms with E-state index in [1.54, 1.807) is 19.2 Å². The second-order valence-corrected chi connectivity index (χ2v) is 9.59. The first-order valence-corrected chi connectivity index (χ1v) is 12.3. The molecule has 2 aliphatic rings. The lowest BCUT2D eigenvalue weighted by Gasteiger charge is -2.38. The Morgan fingerprint density at radius 2 is 1.74 bits per heavy atom. The molecule has 7 nitrogen and oxygen atoms in total. The van der Waals surface area contributed by atoms with Crippen molar-refractivity contribution in [3.05, 3.63) is 58.1 Å². The van der Waals surface area contributed by atoms with Crippen LogP contribution in [0.15, 0.2) is 42.5 Å². The predicted molar refractivity (Wildman–Crippen MR) is 135 cm³/mol. The zero-order valence-electron chi connectivity index (χ0n) is 19.2. The minimum atomic E-state index is -0.356. The fraction of sp³-hybridized carbons (Fsp3) is 0.440. The maximum atomic E-state index is 12.4. The van der Waals surface area contributed by atoms with Crippen molar-refractivity contribution in [2.75, 3.05) is 44.7 Å². The van der Waals surface area contributed by atoms with E-state index >= 15 is 0 Å². The minimum Gasteiger partial charge on any atom is -0.497 e. The summed E-state index contributed by atoms with van der Waals surface area (Å²) in [5.41, 5.74) is 1.60. The van der Waals surface area contributed by atoms with Crippen LogP contribution in [0, 0.1) is 0 Å². The molecule has 0 aromatic heterocycles. The zero-order valence-corrected chi connectivity index (χ0v) is 20.7. The summed E-state index contributed by atoms with van der Waals surface area (Å²) in [4.78, 5) is 29.5. The van der Waals surface area contributed by atoms with Gasteiger partial charge in [0.25, 0.3) is 5.91 Å². The molecule has 2 N–H and O–H groups in total. The van der Waals surface area contributed by atoms with Crippen LogP contribution in [0.3, 0.4) is 0 Å². The van der Waals surface area contributed by atoms with Crippen LogP contribution >= 0.6 is 23.2 Å². The van der Waals surface area contributed by atoms with Crippen LogP contribution < -0.4 is 20.3 Å². The molecule has 2 aromatic carbocycles. The number of piperidine rings is 1. The highest BCUT2D eigenvalue weighted by Gasteiger charge is 2.31. The molecular weight excluding hydrogens is 475 g/mol. The van der Waals surface area contributed by atoms with E-state index in [0.29, 0.717) is 21.7 Å². The van der Waals surface area contributed by atoms with Gasteiger partial charge in [-0.2, -0.15) is 0 Å². The summed E-state index contributed by atoms with van der Waals surface area (Å²) >= 11 is 11.8. The summed E-state index contributed by atoms with van der Waals surface area (Å²) in [6.07, 6.45) is 3.13. The number of ether oxygens (including phenoxy) is 1. The van der Waals surface area contributed by atoms with Crippen molar-refractivity contribution in [2.45, 2.75) is 31.3 Å². The average Bonchev–Trinajstić information content (AvgIpc) is 3.32. The minimum absolute atomic E-state index is 0.0736. The van der Waals surface area contributed by atoms with Gasteiger partial charge in [-0.15, -0.1) is 0 Å². The van der Waals surface area contributed by atoms with E-state index in [9.17, 15) is 9.59 Å². The Morgan fingerprint density at radius 3 is 2.41 bits per heavy atom. The topological polar surface area (TPSA) is 73.9 Å². The van der Waals surface area contributed by atoms with Crippen LogP contribution in [0.25, 0.3) is 0 Å². The molecule has 4 rings (SSSR count). The number of carbonyl (C=O) groups excluding carboxylic acids is 2. The molecule has 1 atom stereocenters. The first kappa shape index (κ1) is 24.6. The zero-order chi connectivity index (χ0) is 24.1. The highest BCUT2D eigenvalue weighted by Crippen LogP contribution is 2.26. The number of nitrogens with zero attached hydrogens (tertiary/aromatic N) is 2. The molecule has 182 valence electrons. The Labute approximate surface area is 210 Å². The maximum absolute atomic E-state index is 12.4. The number of amides is 2.